The number of aromatic nitrogens is 1. The third-order valence-corrected chi connectivity index (χ3v) is 4.25. The van der Waals surface area contributed by atoms with Crippen LogP contribution in [0.4, 0.5) is 0 Å². The Morgan fingerprint density at radius 3 is 2.50 bits per heavy atom. The van der Waals surface area contributed by atoms with E-state index in [1.165, 1.54) is 33.2 Å². The molecule has 0 atom stereocenters. The van der Waals surface area contributed by atoms with E-state index < -0.39 is 0 Å². The molecule has 0 saturated heterocycles. The van der Waals surface area contributed by atoms with Crippen molar-refractivity contribution in [3.63, 3.8) is 0 Å². The van der Waals surface area contributed by atoms with Gasteiger partial charge in [0, 0.05) is 11.6 Å². The van der Waals surface area contributed by atoms with Crippen molar-refractivity contribution in [2.75, 3.05) is 0 Å². The van der Waals surface area contributed by atoms with E-state index in [4.69, 9.17) is 0 Å². The first-order valence-electron chi connectivity index (χ1n) is 8.03. The zero-order chi connectivity index (χ0) is 15.7. The second kappa shape index (κ2) is 5.92. The second-order valence-corrected chi connectivity index (χ2v) is 6.61. The molecule has 0 amide bonds. The molecule has 0 N–H and O–H groups in total. The highest BCUT2D eigenvalue weighted by atomic mass is 14.9. The quantitative estimate of drug-likeness (QED) is 0.608. The van der Waals surface area contributed by atoms with Gasteiger partial charge in [-0.1, -0.05) is 44.2 Å². The number of fused-ring (bicyclic) bond motifs is 1. The van der Waals surface area contributed by atoms with Gasteiger partial charge in [0.05, 0.1) is 5.39 Å². The third-order valence-electron chi connectivity index (χ3n) is 4.25. The third kappa shape index (κ3) is 2.76. The van der Waals surface area contributed by atoms with Crippen molar-refractivity contribution in [2.24, 2.45) is 13.0 Å². The molecule has 0 bridgehead atoms. The highest BCUT2D eigenvalue weighted by Crippen LogP contribution is 2.28. The Morgan fingerprint density at radius 2 is 1.77 bits per heavy atom. The fourth-order valence-electron chi connectivity index (χ4n) is 3.19. The molecule has 0 unspecified atom stereocenters. The highest BCUT2D eigenvalue weighted by molar-refractivity contribution is 5.93. The fraction of sp³-hybridized carbons (Fsp3) is 0.286. The molecule has 3 aromatic rings. The maximum Gasteiger partial charge on any atom is 0.220 e. The second-order valence-electron chi connectivity index (χ2n) is 6.61. The molecule has 0 aliphatic carbocycles. The van der Waals surface area contributed by atoms with Gasteiger partial charge in [-0.3, -0.25) is 0 Å². The molecule has 0 saturated carbocycles. The van der Waals surface area contributed by atoms with Crippen LogP contribution >= 0.6 is 0 Å². The lowest BCUT2D eigenvalue weighted by atomic mass is 9.96. The van der Waals surface area contributed by atoms with Gasteiger partial charge in [0.15, 0.2) is 6.20 Å². The van der Waals surface area contributed by atoms with E-state index in [1.54, 1.807) is 0 Å². The Morgan fingerprint density at radius 1 is 1.00 bits per heavy atom. The van der Waals surface area contributed by atoms with Crippen LogP contribution in [0.3, 0.4) is 0 Å². The van der Waals surface area contributed by atoms with Gasteiger partial charge in [-0.05, 0) is 47.9 Å². The number of nitrogens with zero attached hydrogens (tertiary/aromatic N) is 1. The SMILES string of the molecule is Cc1ccccc1-c1c2ccc(CC(C)C)cc2cc[n+]1C. The number of hydrogen-bond acceptors (Lipinski definition) is 0. The lowest BCUT2D eigenvalue weighted by Gasteiger charge is -2.10. The summed E-state index contributed by atoms with van der Waals surface area (Å²) in [5.41, 5.74) is 5.35. The maximum atomic E-state index is 2.34. The monoisotopic (exact) mass is 290 g/mol. The number of pyridine rings is 1. The summed E-state index contributed by atoms with van der Waals surface area (Å²) in [5.74, 6) is 0.688. The van der Waals surface area contributed by atoms with Crippen LogP contribution in [0, 0.1) is 12.8 Å². The fourth-order valence-corrected chi connectivity index (χ4v) is 3.19. The van der Waals surface area contributed by atoms with Crippen LogP contribution < -0.4 is 4.57 Å². The van der Waals surface area contributed by atoms with Crippen molar-refractivity contribution in [1.82, 2.24) is 0 Å². The van der Waals surface area contributed by atoms with E-state index in [2.05, 4.69) is 87.1 Å². The predicted molar refractivity (Wildman–Crippen MR) is 93.8 cm³/mol. The number of rotatable bonds is 3. The van der Waals surface area contributed by atoms with Crippen molar-refractivity contribution in [3.05, 3.63) is 65.9 Å². The first-order chi connectivity index (χ1) is 10.6. The molecule has 1 heteroatoms. The molecule has 0 fully saturated rings. The Bertz CT molecular complexity index is 815. The van der Waals surface area contributed by atoms with Crippen LogP contribution in [0.1, 0.15) is 25.0 Å². The van der Waals surface area contributed by atoms with Crippen LogP contribution in [0.2, 0.25) is 0 Å². The summed E-state index contributed by atoms with van der Waals surface area (Å²) in [7, 11) is 2.13. The normalized spacial score (nSPS) is 11.3. The maximum absolute atomic E-state index is 2.34. The van der Waals surface area contributed by atoms with Crippen molar-refractivity contribution >= 4 is 10.8 Å². The zero-order valence-corrected chi connectivity index (χ0v) is 13.9. The number of hydrogen-bond donors (Lipinski definition) is 0. The minimum absolute atomic E-state index is 0.688. The average Bonchev–Trinajstić information content (AvgIpc) is 2.48. The minimum atomic E-state index is 0.688. The first-order valence-corrected chi connectivity index (χ1v) is 8.03. The summed E-state index contributed by atoms with van der Waals surface area (Å²) in [4.78, 5) is 0. The molecular formula is C21H24N+. The van der Waals surface area contributed by atoms with Gasteiger partial charge in [0.2, 0.25) is 5.69 Å². The van der Waals surface area contributed by atoms with Gasteiger partial charge in [0.1, 0.15) is 7.05 Å². The lowest BCUT2D eigenvalue weighted by Crippen LogP contribution is -2.30. The minimum Gasteiger partial charge on any atom is -0.200 e. The van der Waals surface area contributed by atoms with Crippen LogP contribution in [0.15, 0.2) is 54.7 Å². The highest BCUT2D eigenvalue weighted by Gasteiger charge is 2.16. The number of benzene rings is 2. The molecule has 0 aliphatic rings. The van der Waals surface area contributed by atoms with E-state index in [0.29, 0.717) is 5.92 Å². The van der Waals surface area contributed by atoms with E-state index in [0.717, 1.165) is 6.42 Å². The van der Waals surface area contributed by atoms with Gasteiger partial charge in [0.25, 0.3) is 0 Å². The summed E-state index contributed by atoms with van der Waals surface area (Å²) < 4.78 is 2.23. The van der Waals surface area contributed by atoms with E-state index >= 15 is 0 Å². The van der Waals surface area contributed by atoms with E-state index in [9.17, 15) is 0 Å². The van der Waals surface area contributed by atoms with Crippen LogP contribution in [0.5, 0.6) is 0 Å². The van der Waals surface area contributed by atoms with E-state index in [1.807, 2.05) is 0 Å². The predicted octanol–water partition coefficient (Wildman–Crippen LogP) is 4.84. The molecule has 2 aromatic carbocycles. The van der Waals surface area contributed by atoms with Crippen LogP contribution in [-0.2, 0) is 13.5 Å². The lowest BCUT2D eigenvalue weighted by molar-refractivity contribution is -0.659. The van der Waals surface area contributed by atoms with Gasteiger partial charge in [-0.2, -0.15) is 0 Å². The Hall–Kier alpha value is -2.15. The molecule has 0 aliphatic heterocycles. The molecule has 112 valence electrons. The van der Waals surface area contributed by atoms with E-state index in [-0.39, 0.29) is 0 Å². The molecule has 1 nitrogen and oxygen atoms in total. The van der Waals surface area contributed by atoms with Crippen LogP contribution in [0.25, 0.3) is 22.0 Å². The Kier molecular flexibility index (Phi) is 3.98. The van der Waals surface area contributed by atoms with Crippen molar-refractivity contribution in [3.8, 4) is 11.3 Å². The van der Waals surface area contributed by atoms with Gasteiger partial charge in [-0.25, -0.2) is 4.57 Å². The largest absolute Gasteiger partial charge is 0.220 e. The molecule has 1 aromatic heterocycles. The van der Waals surface area contributed by atoms with Crippen LogP contribution in [-0.4, -0.2) is 0 Å². The molecular weight excluding hydrogens is 266 g/mol. The standard InChI is InChI=1S/C21H24N/c1-15(2)13-17-9-10-20-18(14-17)11-12-22(4)21(20)19-8-6-5-7-16(19)3/h5-12,14-15H,13H2,1-4H3/q+1. The Labute approximate surface area is 133 Å². The van der Waals surface area contributed by atoms with Crippen molar-refractivity contribution in [2.45, 2.75) is 27.2 Å². The van der Waals surface area contributed by atoms with Gasteiger partial charge in [-0.15, -0.1) is 0 Å². The summed E-state index contributed by atoms with van der Waals surface area (Å²) in [6, 6.07) is 17.8. The van der Waals surface area contributed by atoms with Crippen molar-refractivity contribution in [1.29, 1.82) is 0 Å². The van der Waals surface area contributed by atoms with Gasteiger partial charge >= 0.3 is 0 Å². The average molecular weight is 290 g/mol. The topological polar surface area (TPSA) is 3.88 Å². The summed E-state index contributed by atoms with van der Waals surface area (Å²) in [6.07, 6.45) is 3.31. The Balaban J connectivity index is 2.22. The molecule has 0 radical (unpaired) electrons. The van der Waals surface area contributed by atoms with Crippen molar-refractivity contribution < 1.29 is 4.57 Å². The zero-order valence-electron chi connectivity index (χ0n) is 13.9. The van der Waals surface area contributed by atoms with Gasteiger partial charge < -0.3 is 0 Å². The molecule has 0 spiro atoms. The summed E-state index contributed by atoms with van der Waals surface area (Å²) >= 11 is 0. The molecule has 3 rings (SSSR count). The summed E-state index contributed by atoms with van der Waals surface area (Å²) in [6.45, 7) is 6.73. The number of aryl methyl sites for hydroxylation is 2. The molecule has 1 heterocycles. The first kappa shape index (κ1) is 14.8. The summed E-state index contributed by atoms with van der Waals surface area (Å²) in [5, 5.41) is 2.65. The smallest absolute Gasteiger partial charge is 0.200 e. The molecule has 22 heavy (non-hydrogen) atoms.